The molecule has 0 aromatic heterocycles. The maximum absolute atomic E-state index is 13.5. The molecule has 1 atom stereocenters. The normalized spacial score (nSPS) is 18.3. The molecule has 1 aliphatic heterocycles. The molecule has 0 radical (unpaired) electrons. The summed E-state index contributed by atoms with van der Waals surface area (Å²) in [7, 11) is 0. The molecule has 2 aromatic carbocycles. The molecule has 36 heavy (non-hydrogen) atoms. The SMILES string of the molecule is C#C/C(=C\N(N=C)C(=O)N1CCCCC1Cc1ccccc1)c1ccc(CC=C2CCCCC2)cc1. The van der Waals surface area contributed by atoms with Crippen molar-refractivity contribution >= 4 is 18.3 Å². The molecule has 1 saturated heterocycles. The van der Waals surface area contributed by atoms with E-state index in [9.17, 15) is 4.79 Å². The monoisotopic (exact) mass is 479 g/mol. The van der Waals surface area contributed by atoms with Crippen LogP contribution in [0.2, 0.25) is 0 Å². The highest BCUT2D eigenvalue weighted by Crippen LogP contribution is 2.25. The number of urea groups is 1. The second-order valence-electron chi connectivity index (χ2n) is 9.81. The Morgan fingerprint density at radius 2 is 1.78 bits per heavy atom. The van der Waals surface area contributed by atoms with Crippen LogP contribution in [-0.2, 0) is 12.8 Å². The van der Waals surface area contributed by atoms with Gasteiger partial charge in [-0.3, -0.25) is 0 Å². The van der Waals surface area contributed by atoms with E-state index < -0.39 is 0 Å². The third-order valence-electron chi connectivity index (χ3n) is 7.33. The second kappa shape index (κ2) is 12.9. The Hall–Kier alpha value is -3.58. The predicted molar refractivity (Wildman–Crippen MR) is 149 cm³/mol. The average molecular weight is 480 g/mol. The minimum atomic E-state index is -0.172. The summed E-state index contributed by atoms with van der Waals surface area (Å²) in [5.74, 6) is 2.74. The van der Waals surface area contributed by atoms with Gasteiger partial charge in [0.25, 0.3) is 0 Å². The zero-order chi connectivity index (χ0) is 25.2. The van der Waals surface area contributed by atoms with Gasteiger partial charge in [-0.2, -0.15) is 10.1 Å². The number of hydrogen-bond acceptors (Lipinski definition) is 2. The molecule has 1 unspecified atom stereocenters. The number of benzene rings is 2. The minimum absolute atomic E-state index is 0.137. The molecule has 2 amide bonds. The lowest BCUT2D eigenvalue weighted by atomic mass is 9.93. The molecule has 186 valence electrons. The first-order valence-corrected chi connectivity index (χ1v) is 13.2. The number of amides is 2. The van der Waals surface area contributed by atoms with Crippen LogP contribution in [0.1, 0.15) is 68.1 Å². The number of allylic oxidation sites excluding steroid dienone is 3. The number of hydrogen-bond donors (Lipinski definition) is 0. The van der Waals surface area contributed by atoms with E-state index in [1.54, 1.807) is 11.8 Å². The van der Waals surface area contributed by atoms with Crippen LogP contribution in [0.25, 0.3) is 5.57 Å². The summed E-state index contributed by atoms with van der Waals surface area (Å²) in [6.07, 6.45) is 21.2. The fourth-order valence-electron chi connectivity index (χ4n) is 5.25. The lowest BCUT2D eigenvalue weighted by Gasteiger charge is -2.37. The first-order chi connectivity index (χ1) is 17.7. The van der Waals surface area contributed by atoms with Gasteiger partial charge < -0.3 is 4.90 Å². The van der Waals surface area contributed by atoms with Gasteiger partial charge in [0, 0.05) is 19.3 Å². The van der Waals surface area contributed by atoms with Gasteiger partial charge in [0.2, 0.25) is 0 Å². The van der Waals surface area contributed by atoms with Crippen LogP contribution in [0.15, 0.2) is 77.5 Å². The van der Waals surface area contributed by atoms with E-state index in [-0.39, 0.29) is 12.1 Å². The van der Waals surface area contributed by atoms with Gasteiger partial charge in [-0.05, 0) is 74.5 Å². The van der Waals surface area contributed by atoms with Crippen LogP contribution < -0.4 is 0 Å². The fraction of sp³-hybridized carbons (Fsp3) is 0.375. The molecule has 2 aliphatic rings. The number of nitrogens with zero attached hydrogens (tertiary/aromatic N) is 3. The summed E-state index contributed by atoms with van der Waals surface area (Å²) in [5.41, 5.74) is 5.60. The van der Waals surface area contributed by atoms with Gasteiger partial charge in [0.05, 0.1) is 11.8 Å². The van der Waals surface area contributed by atoms with Crippen LogP contribution in [0.4, 0.5) is 4.79 Å². The zero-order valence-electron chi connectivity index (χ0n) is 21.2. The zero-order valence-corrected chi connectivity index (χ0v) is 21.2. The third kappa shape index (κ3) is 6.76. The van der Waals surface area contributed by atoms with Gasteiger partial charge in [-0.1, -0.05) is 78.6 Å². The molecule has 4 nitrogen and oxygen atoms in total. The Morgan fingerprint density at radius 1 is 1.03 bits per heavy atom. The summed E-state index contributed by atoms with van der Waals surface area (Å²) >= 11 is 0. The number of terminal acetylenes is 1. The predicted octanol–water partition coefficient (Wildman–Crippen LogP) is 7.23. The van der Waals surface area contributed by atoms with E-state index in [0.717, 1.165) is 37.7 Å². The summed E-state index contributed by atoms with van der Waals surface area (Å²) in [5, 5.41) is 5.33. The summed E-state index contributed by atoms with van der Waals surface area (Å²) < 4.78 is 0. The van der Waals surface area contributed by atoms with E-state index in [0.29, 0.717) is 12.1 Å². The molecule has 2 aromatic rings. The average Bonchev–Trinajstić information content (AvgIpc) is 2.94. The van der Waals surface area contributed by atoms with Crippen molar-refractivity contribution in [1.29, 1.82) is 0 Å². The Labute approximate surface area is 216 Å². The highest BCUT2D eigenvalue weighted by atomic mass is 16.2. The van der Waals surface area contributed by atoms with E-state index in [1.807, 2.05) is 35.2 Å². The molecule has 4 heteroatoms. The Morgan fingerprint density at radius 3 is 2.47 bits per heavy atom. The van der Waals surface area contributed by atoms with Crippen molar-refractivity contribution in [3.05, 3.63) is 89.1 Å². The van der Waals surface area contributed by atoms with E-state index >= 15 is 0 Å². The van der Waals surface area contributed by atoms with E-state index in [2.05, 4.69) is 48.1 Å². The van der Waals surface area contributed by atoms with E-state index in [4.69, 9.17) is 6.42 Å². The van der Waals surface area contributed by atoms with Crippen LogP contribution in [0, 0.1) is 12.3 Å². The van der Waals surface area contributed by atoms with Gasteiger partial charge >= 0.3 is 6.03 Å². The second-order valence-corrected chi connectivity index (χ2v) is 9.81. The van der Waals surface area contributed by atoms with Crippen molar-refractivity contribution in [2.24, 2.45) is 5.10 Å². The number of piperidine rings is 1. The van der Waals surface area contributed by atoms with Crippen molar-refractivity contribution in [3.8, 4) is 12.3 Å². The maximum Gasteiger partial charge on any atom is 0.344 e. The number of carbonyl (C=O) groups excluding carboxylic acids is 1. The molecule has 0 bridgehead atoms. The highest BCUT2D eigenvalue weighted by Gasteiger charge is 2.29. The van der Waals surface area contributed by atoms with Crippen LogP contribution in [0.3, 0.4) is 0 Å². The van der Waals surface area contributed by atoms with Crippen molar-refractivity contribution in [2.45, 2.75) is 70.3 Å². The quantitative estimate of drug-likeness (QED) is 0.179. The maximum atomic E-state index is 13.5. The minimum Gasteiger partial charge on any atom is -0.320 e. The lowest BCUT2D eigenvalue weighted by molar-refractivity contribution is 0.128. The Balaban J connectivity index is 1.45. The standard InChI is InChI=1S/C32H37N3O/c1-3-29(30-21-19-27(20-22-30)18-17-26-12-6-4-7-13-26)25-35(33-2)32(36)34-23-11-10-16-31(34)24-28-14-8-5-9-15-28/h1,5,8-9,14-15,17,19-22,25,31H,2,4,6-7,10-13,16,18,23-24H2/b29-25+. The molecule has 2 fully saturated rings. The largest absolute Gasteiger partial charge is 0.344 e. The van der Waals surface area contributed by atoms with Gasteiger partial charge in [0.15, 0.2) is 0 Å². The van der Waals surface area contributed by atoms with Crippen LogP contribution >= 0.6 is 0 Å². The van der Waals surface area contributed by atoms with Crippen molar-refractivity contribution < 1.29 is 4.79 Å². The first-order valence-electron chi connectivity index (χ1n) is 13.2. The number of rotatable bonds is 7. The summed E-state index contributed by atoms with van der Waals surface area (Å²) in [4.78, 5) is 15.4. The summed E-state index contributed by atoms with van der Waals surface area (Å²) in [6.45, 7) is 4.37. The Bertz CT molecular complexity index is 1120. The number of carbonyl (C=O) groups is 1. The number of hydrazone groups is 1. The first kappa shape index (κ1) is 25.5. The molecular weight excluding hydrogens is 442 g/mol. The molecule has 1 aliphatic carbocycles. The van der Waals surface area contributed by atoms with Crippen molar-refractivity contribution in [1.82, 2.24) is 9.91 Å². The number of likely N-dealkylation sites (tertiary alicyclic amines) is 1. The van der Waals surface area contributed by atoms with Crippen LogP contribution in [0.5, 0.6) is 0 Å². The van der Waals surface area contributed by atoms with E-state index in [1.165, 1.54) is 48.2 Å². The third-order valence-corrected chi connectivity index (χ3v) is 7.33. The topological polar surface area (TPSA) is 35.9 Å². The van der Waals surface area contributed by atoms with Crippen molar-refractivity contribution in [2.75, 3.05) is 6.54 Å². The smallest absolute Gasteiger partial charge is 0.320 e. The Kier molecular flexibility index (Phi) is 9.16. The van der Waals surface area contributed by atoms with Crippen molar-refractivity contribution in [3.63, 3.8) is 0 Å². The lowest BCUT2D eigenvalue weighted by Crippen LogP contribution is -2.48. The fourth-order valence-corrected chi connectivity index (χ4v) is 5.25. The van der Waals surface area contributed by atoms with Gasteiger partial charge in [-0.25, -0.2) is 4.79 Å². The molecule has 0 N–H and O–H groups in total. The molecule has 0 spiro atoms. The summed E-state index contributed by atoms with van der Waals surface area (Å²) in [6, 6.07) is 18.6. The van der Waals surface area contributed by atoms with Crippen LogP contribution in [-0.4, -0.2) is 35.2 Å². The van der Waals surface area contributed by atoms with Gasteiger partial charge in [-0.15, -0.1) is 6.42 Å². The molecule has 1 saturated carbocycles. The molecule has 1 heterocycles. The van der Waals surface area contributed by atoms with Gasteiger partial charge in [0.1, 0.15) is 0 Å². The molecule has 4 rings (SSSR count). The molecular formula is C32H37N3O. The highest BCUT2D eigenvalue weighted by molar-refractivity contribution is 5.83.